The van der Waals surface area contributed by atoms with Gasteiger partial charge >= 0.3 is 5.97 Å². The third-order valence-corrected chi connectivity index (χ3v) is 4.19. The average Bonchev–Trinajstić information content (AvgIpc) is 3.25. The molecule has 0 spiro atoms. The van der Waals surface area contributed by atoms with Crippen LogP contribution in [0.15, 0.2) is 48.1 Å². The van der Waals surface area contributed by atoms with E-state index in [0.717, 1.165) is 11.1 Å². The molecule has 1 aromatic carbocycles. The lowest BCUT2D eigenvalue weighted by molar-refractivity contribution is -0.116. The third-order valence-electron chi connectivity index (χ3n) is 3.30. The summed E-state index contributed by atoms with van der Waals surface area (Å²) in [6, 6.07) is 9.47. The Morgan fingerprint density at radius 1 is 1.29 bits per heavy atom. The van der Waals surface area contributed by atoms with E-state index in [0.29, 0.717) is 10.6 Å². The largest absolute Gasteiger partial charge is 0.465 e. The van der Waals surface area contributed by atoms with Crippen LogP contribution in [0.1, 0.15) is 10.4 Å². The van der Waals surface area contributed by atoms with E-state index in [1.54, 1.807) is 6.20 Å². The molecule has 7 nitrogen and oxygen atoms in total. The number of carbonyl (C=O) groups excluding carboxylic acids is 2. The summed E-state index contributed by atoms with van der Waals surface area (Å²) < 4.78 is 6.28. The number of ether oxygens (including phenoxy) is 1. The van der Waals surface area contributed by atoms with Gasteiger partial charge in [0.25, 0.3) is 0 Å². The normalized spacial score (nSPS) is 10.4. The van der Waals surface area contributed by atoms with Crippen molar-refractivity contribution in [3.05, 3.63) is 53.7 Å². The molecule has 1 N–H and O–H groups in total. The van der Waals surface area contributed by atoms with E-state index >= 15 is 0 Å². The van der Waals surface area contributed by atoms with Crippen LogP contribution in [0, 0.1) is 0 Å². The highest BCUT2D eigenvalue weighted by atomic mass is 32.1. The predicted octanol–water partition coefficient (Wildman–Crippen LogP) is 2.43. The number of hydrogen-bond acceptors (Lipinski definition) is 6. The van der Waals surface area contributed by atoms with Gasteiger partial charge in [0.2, 0.25) is 5.91 Å². The number of anilines is 1. The van der Waals surface area contributed by atoms with Crippen LogP contribution in [0.4, 0.5) is 5.00 Å². The first-order chi connectivity index (χ1) is 11.7. The molecule has 0 saturated carbocycles. The monoisotopic (exact) mass is 342 g/mol. The van der Waals surface area contributed by atoms with Gasteiger partial charge in [-0.25, -0.2) is 9.48 Å². The molecule has 0 bridgehead atoms. The summed E-state index contributed by atoms with van der Waals surface area (Å²) in [4.78, 5) is 24.3. The number of benzene rings is 1. The topological polar surface area (TPSA) is 86.1 Å². The number of carbonyl (C=O) groups is 2. The van der Waals surface area contributed by atoms with E-state index in [9.17, 15) is 9.59 Å². The van der Waals surface area contributed by atoms with Gasteiger partial charge in [0.15, 0.2) is 0 Å². The van der Waals surface area contributed by atoms with Crippen LogP contribution >= 0.6 is 11.3 Å². The average molecular weight is 342 g/mol. The standard InChI is InChI=1S/C16H14N4O3S/c1-23-16(22)14-12(11-5-3-2-4-6-11)10-24-15(14)18-13(21)9-20-8-7-17-19-20/h2-8,10H,9H2,1H3,(H,18,21). The second kappa shape index (κ2) is 7.05. The summed E-state index contributed by atoms with van der Waals surface area (Å²) in [6.45, 7) is 0.0131. The smallest absolute Gasteiger partial charge is 0.341 e. The van der Waals surface area contributed by atoms with E-state index in [-0.39, 0.29) is 12.5 Å². The van der Waals surface area contributed by atoms with Gasteiger partial charge in [-0.05, 0) is 5.56 Å². The molecule has 8 heteroatoms. The Morgan fingerprint density at radius 2 is 2.08 bits per heavy atom. The highest BCUT2D eigenvalue weighted by molar-refractivity contribution is 7.15. The minimum absolute atomic E-state index is 0.0131. The maximum atomic E-state index is 12.2. The van der Waals surface area contributed by atoms with E-state index < -0.39 is 5.97 Å². The van der Waals surface area contributed by atoms with Gasteiger partial charge in [0, 0.05) is 17.1 Å². The minimum Gasteiger partial charge on any atom is -0.465 e. The van der Waals surface area contributed by atoms with Crippen LogP contribution in [0.25, 0.3) is 11.1 Å². The Morgan fingerprint density at radius 3 is 2.75 bits per heavy atom. The number of thiophene rings is 1. The first kappa shape index (κ1) is 15.9. The Bertz CT molecular complexity index is 844. The van der Waals surface area contributed by atoms with Gasteiger partial charge in [0.1, 0.15) is 17.1 Å². The first-order valence-electron chi connectivity index (χ1n) is 7.08. The summed E-state index contributed by atoms with van der Waals surface area (Å²) in [5.74, 6) is -0.793. The van der Waals surface area contributed by atoms with Gasteiger partial charge in [-0.15, -0.1) is 16.4 Å². The van der Waals surface area contributed by atoms with Crippen LogP contribution in [0.5, 0.6) is 0 Å². The van der Waals surface area contributed by atoms with Crippen LogP contribution < -0.4 is 5.32 Å². The summed E-state index contributed by atoms with van der Waals surface area (Å²) in [6.07, 6.45) is 3.08. The lowest BCUT2D eigenvalue weighted by Gasteiger charge is -2.07. The highest BCUT2D eigenvalue weighted by Crippen LogP contribution is 2.36. The number of methoxy groups -OCH3 is 1. The fourth-order valence-corrected chi connectivity index (χ4v) is 3.19. The van der Waals surface area contributed by atoms with E-state index in [1.807, 2.05) is 35.7 Å². The number of rotatable bonds is 5. The van der Waals surface area contributed by atoms with Crippen molar-refractivity contribution in [3.8, 4) is 11.1 Å². The highest BCUT2D eigenvalue weighted by Gasteiger charge is 2.22. The van der Waals surface area contributed by atoms with Gasteiger partial charge in [0.05, 0.1) is 13.3 Å². The Kier molecular flexibility index (Phi) is 4.66. The van der Waals surface area contributed by atoms with E-state index in [4.69, 9.17) is 4.74 Å². The van der Waals surface area contributed by atoms with Crippen molar-refractivity contribution in [1.29, 1.82) is 0 Å². The van der Waals surface area contributed by atoms with Crippen molar-refractivity contribution in [2.75, 3.05) is 12.4 Å². The zero-order valence-corrected chi connectivity index (χ0v) is 13.6. The maximum Gasteiger partial charge on any atom is 0.341 e. The second-order valence-electron chi connectivity index (χ2n) is 4.86. The summed E-state index contributed by atoms with van der Waals surface area (Å²) in [7, 11) is 1.32. The molecule has 0 saturated heterocycles. The molecule has 0 aliphatic carbocycles. The summed E-state index contributed by atoms with van der Waals surface area (Å²) in [5.41, 5.74) is 1.95. The Hall–Kier alpha value is -3.00. The molecule has 0 radical (unpaired) electrons. The van der Waals surface area contributed by atoms with Crippen molar-refractivity contribution in [2.45, 2.75) is 6.54 Å². The van der Waals surface area contributed by atoms with Crippen molar-refractivity contribution in [1.82, 2.24) is 15.0 Å². The molecule has 24 heavy (non-hydrogen) atoms. The number of aromatic nitrogens is 3. The van der Waals surface area contributed by atoms with Gasteiger partial charge in [-0.2, -0.15) is 0 Å². The van der Waals surface area contributed by atoms with Gasteiger partial charge in [-0.1, -0.05) is 35.5 Å². The molecular weight excluding hydrogens is 328 g/mol. The first-order valence-corrected chi connectivity index (χ1v) is 7.96. The fraction of sp³-hybridized carbons (Fsp3) is 0.125. The van der Waals surface area contributed by atoms with Crippen molar-refractivity contribution < 1.29 is 14.3 Å². The van der Waals surface area contributed by atoms with Crippen LogP contribution in [-0.2, 0) is 16.1 Å². The van der Waals surface area contributed by atoms with Gasteiger partial charge in [-0.3, -0.25) is 4.79 Å². The lowest BCUT2D eigenvalue weighted by Crippen LogP contribution is -2.20. The van der Waals surface area contributed by atoms with Crippen LogP contribution in [-0.4, -0.2) is 34.0 Å². The number of nitrogens with one attached hydrogen (secondary N) is 1. The molecule has 2 aromatic heterocycles. The molecule has 0 fully saturated rings. The molecule has 1 amide bonds. The van der Waals surface area contributed by atoms with Crippen LogP contribution in [0.3, 0.4) is 0 Å². The second-order valence-corrected chi connectivity index (χ2v) is 5.74. The molecule has 2 heterocycles. The summed E-state index contributed by atoms with van der Waals surface area (Å²) in [5, 5.41) is 12.4. The SMILES string of the molecule is COC(=O)c1c(-c2ccccc2)csc1NC(=O)Cn1ccnn1. The van der Waals surface area contributed by atoms with Crippen molar-refractivity contribution >= 4 is 28.2 Å². The Balaban J connectivity index is 1.89. The van der Waals surface area contributed by atoms with E-state index in [1.165, 1.54) is 29.3 Å². The number of amides is 1. The quantitative estimate of drug-likeness (QED) is 0.720. The molecule has 3 aromatic rings. The number of esters is 1. The summed E-state index contributed by atoms with van der Waals surface area (Å²) >= 11 is 1.28. The lowest BCUT2D eigenvalue weighted by atomic mass is 10.0. The maximum absolute atomic E-state index is 12.2. The zero-order chi connectivity index (χ0) is 16.9. The molecule has 3 rings (SSSR count). The zero-order valence-electron chi connectivity index (χ0n) is 12.8. The third kappa shape index (κ3) is 3.33. The predicted molar refractivity (Wildman–Crippen MR) is 89.7 cm³/mol. The van der Waals surface area contributed by atoms with Crippen LogP contribution in [0.2, 0.25) is 0 Å². The van der Waals surface area contributed by atoms with E-state index in [2.05, 4.69) is 15.6 Å². The molecular formula is C16H14N4O3S. The number of nitrogens with zero attached hydrogens (tertiary/aromatic N) is 3. The van der Waals surface area contributed by atoms with Crippen molar-refractivity contribution in [3.63, 3.8) is 0 Å². The molecule has 122 valence electrons. The molecule has 0 aliphatic rings. The fourth-order valence-electron chi connectivity index (χ4n) is 2.22. The minimum atomic E-state index is -0.494. The molecule has 0 atom stereocenters. The van der Waals surface area contributed by atoms with Gasteiger partial charge < -0.3 is 10.1 Å². The molecule has 0 unspecified atom stereocenters. The molecule has 0 aliphatic heterocycles. The van der Waals surface area contributed by atoms with Crippen molar-refractivity contribution in [2.24, 2.45) is 0 Å². The Labute approximate surface area is 141 Å². The number of hydrogen-bond donors (Lipinski definition) is 1.